The number of hydrogen-bond acceptors (Lipinski definition) is 7. The quantitative estimate of drug-likeness (QED) is 0.544. The molecule has 0 radical (unpaired) electrons. The summed E-state index contributed by atoms with van der Waals surface area (Å²) in [4.78, 5) is 4.31. The molecule has 208 valence electrons. The second-order valence-electron chi connectivity index (χ2n) is 10.9. The molecule has 1 aliphatic carbocycles. The Morgan fingerprint density at radius 2 is 1.82 bits per heavy atom. The van der Waals surface area contributed by atoms with Crippen LogP contribution in [0.4, 0.5) is 10.2 Å². The number of halogens is 1. The molecule has 9 nitrogen and oxygen atoms in total. The average Bonchev–Trinajstić information content (AvgIpc) is 2.93. The predicted octanol–water partition coefficient (Wildman–Crippen LogP) is 2.64. The lowest BCUT2D eigenvalue weighted by Gasteiger charge is -2.41. The van der Waals surface area contributed by atoms with Crippen molar-refractivity contribution in [3.63, 3.8) is 0 Å². The molecule has 0 spiro atoms. The van der Waals surface area contributed by atoms with Gasteiger partial charge in [0, 0.05) is 57.4 Å². The van der Waals surface area contributed by atoms with E-state index in [9.17, 15) is 12.8 Å². The van der Waals surface area contributed by atoms with E-state index in [2.05, 4.69) is 24.7 Å². The Morgan fingerprint density at radius 1 is 1.03 bits per heavy atom. The van der Waals surface area contributed by atoms with Crippen molar-refractivity contribution in [1.29, 1.82) is 0 Å². The molecule has 0 amide bonds. The van der Waals surface area contributed by atoms with Crippen LogP contribution in [0.5, 0.6) is 0 Å². The minimum Gasteiger partial charge on any atom is -0.378 e. The fourth-order valence-electron chi connectivity index (χ4n) is 5.90. The lowest BCUT2D eigenvalue weighted by Crippen LogP contribution is -2.57. The van der Waals surface area contributed by atoms with Crippen LogP contribution in [0, 0.1) is 11.7 Å². The molecule has 2 aromatic rings. The summed E-state index contributed by atoms with van der Waals surface area (Å²) < 4.78 is 51.2. The van der Waals surface area contributed by atoms with Gasteiger partial charge in [0.05, 0.1) is 12.7 Å². The number of piperidine rings is 1. The fraction of sp³-hybridized carbons (Fsp3) is 0.630. The van der Waals surface area contributed by atoms with Gasteiger partial charge in [0.1, 0.15) is 5.82 Å². The van der Waals surface area contributed by atoms with Gasteiger partial charge < -0.3 is 14.5 Å². The molecule has 38 heavy (non-hydrogen) atoms. The van der Waals surface area contributed by atoms with Gasteiger partial charge in [-0.15, -0.1) is 5.10 Å². The monoisotopic (exact) mass is 546 g/mol. The number of rotatable bonds is 8. The first-order valence-corrected chi connectivity index (χ1v) is 15.2. The van der Waals surface area contributed by atoms with Crippen molar-refractivity contribution in [2.24, 2.45) is 5.92 Å². The maximum absolute atomic E-state index is 13.7. The van der Waals surface area contributed by atoms with E-state index in [4.69, 9.17) is 4.74 Å². The summed E-state index contributed by atoms with van der Waals surface area (Å²) in [6, 6.07) is 10.5. The SMILES string of the molecule is CN1CCN(S(=O)(=O)NC2CCN(c3cccnn3)CC2COC2CCC(c3cccc(F)c3)CC2)CC1. The molecule has 3 aliphatic rings. The minimum absolute atomic E-state index is 0.0195. The molecule has 1 aromatic carbocycles. The molecule has 3 heterocycles. The summed E-state index contributed by atoms with van der Waals surface area (Å²) in [6.45, 7) is 4.28. The number of hydrogen-bond donors (Lipinski definition) is 1. The number of piperazine rings is 1. The second kappa shape index (κ2) is 12.3. The first-order chi connectivity index (χ1) is 18.4. The van der Waals surface area contributed by atoms with Crippen LogP contribution >= 0.6 is 0 Å². The van der Waals surface area contributed by atoms with Crippen molar-refractivity contribution in [2.75, 3.05) is 57.8 Å². The zero-order valence-electron chi connectivity index (χ0n) is 22.1. The van der Waals surface area contributed by atoms with Crippen LogP contribution in [0.2, 0.25) is 0 Å². The first kappa shape index (κ1) is 27.4. The molecule has 5 rings (SSSR count). The number of likely N-dealkylation sites (N-methyl/N-ethyl adjacent to an activating group) is 1. The topological polar surface area (TPSA) is 90.9 Å². The van der Waals surface area contributed by atoms with Crippen LogP contribution in [-0.2, 0) is 14.9 Å². The lowest BCUT2D eigenvalue weighted by molar-refractivity contribution is -0.00229. The number of ether oxygens (including phenoxy) is 1. The molecule has 2 saturated heterocycles. The molecular formula is C27H39FN6O3S. The van der Waals surface area contributed by atoms with E-state index in [0.717, 1.165) is 50.2 Å². The van der Waals surface area contributed by atoms with E-state index in [1.54, 1.807) is 22.6 Å². The maximum atomic E-state index is 13.7. The Kier molecular flexibility index (Phi) is 8.89. The normalized spacial score (nSPS) is 27.9. The molecule has 3 fully saturated rings. The Morgan fingerprint density at radius 3 is 2.53 bits per heavy atom. The molecule has 1 saturated carbocycles. The van der Waals surface area contributed by atoms with E-state index in [1.165, 1.54) is 6.07 Å². The largest absolute Gasteiger partial charge is 0.378 e. The molecular weight excluding hydrogens is 507 g/mol. The highest BCUT2D eigenvalue weighted by atomic mass is 32.2. The Balaban J connectivity index is 1.21. The van der Waals surface area contributed by atoms with Crippen molar-refractivity contribution in [3.05, 3.63) is 54.0 Å². The van der Waals surface area contributed by atoms with Gasteiger partial charge in [-0.05, 0) is 74.9 Å². The number of aromatic nitrogens is 2. The number of nitrogens with zero attached hydrogens (tertiary/aromatic N) is 5. The third kappa shape index (κ3) is 6.87. The van der Waals surface area contributed by atoms with Gasteiger partial charge in [0.25, 0.3) is 10.2 Å². The van der Waals surface area contributed by atoms with Gasteiger partial charge in [0.2, 0.25) is 0 Å². The molecule has 1 N–H and O–H groups in total. The standard InChI is InChI=1S/C27H39FN6O3S/c1-32-14-16-34(17-15-32)38(35,36)31-26-11-13-33(27-6-3-12-29-30-27)19-23(26)20-37-25-9-7-21(8-10-25)22-4-2-5-24(28)18-22/h2-6,12,18,21,23,25-26,31H,7-11,13-17,19-20H2,1H3. The van der Waals surface area contributed by atoms with Gasteiger partial charge >= 0.3 is 0 Å². The van der Waals surface area contributed by atoms with E-state index in [-0.39, 0.29) is 23.9 Å². The predicted molar refractivity (Wildman–Crippen MR) is 145 cm³/mol. The summed E-state index contributed by atoms with van der Waals surface area (Å²) in [7, 11) is -1.57. The molecule has 2 atom stereocenters. The average molecular weight is 547 g/mol. The molecule has 11 heteroatoms. The van der Waals surface area contributed by atoms with Gasteiger partial charge in [-0.3, -0.25) is 0 Å². The van der Waals surface area contributed by atoms with Gasteiger partial charge in [-0.2, -0.15) is 22.5 Å². The van der Waals surface area contributed by atoms with Crippen LogP contribution in [-0.4, -0.2) is 92.9 Å². The molecule has 2 aliphatic heterocycles. The third-order valence-electron chi connectivity index (χ3n) is 8.26. The highest BCUT2D eigenvalue weighted by Gasteiger charge is 2.36. The van der Waals surface area contributed by atoms with E-state index < -0.39 is 10.2 Å². The van der Waals surface area contributed by atoms with Crippen molar-refractivity contribution < 1.29 is 17.5 Å². The Hall–Kier alpha value is -2.18. The van der Waals surface area contributed by atoms with Crippen molar-refractivity contribution in [3.8, 4) is 0 Å². The first-order valence-electron chi connectivity index (χ1n) is 13.7. The van der Waals surface area contributed by atoms with Gasteiger partial charge in [-0.25, -0.2) is 4.39 Å². The number of nitrogens with one attached hydrogen (secondary N) is 1. The smallest absolute Gasteiger partial charge is 0.279 e. The summed E-state index contributed by atoms with van der Waals surface area (Å²) in [5.74, 6) is 0.953. The van der Waals surface area contributed by atoms with Crippen molar-refractivity contribution >= 4 is 16.0 Å². The Labute approximate surface area is 225 Å². The molecule has 2 unspecified atom stereocenters. The maximum Gasteiger partial charge on any atom is 0.279 e. The zero-order valence-corrected chi connectivity index (χ0v) is 22.9. The van der Waals surface area contributed by atoms with Gasteiger partial charge in [-0.1, -0.05) is 12.1 Å². The number of anilines is 1. The van der Waals surface area contributed by atoms with Crippen LogP contribution in [0.3, 0.4) is 0 Å². The second-order valence-corrected chi connectivity index (χ2v) is 12.6. The van der Waals surface area contributed by atoms with Gasteiger partial charge in [0.15, 0.2) is 5.82 Å². The van der Waals surface area contributed by atoms with Crippen molar-refractivity contribution in [2.45, 2.75) is 50.2 Å². The zero-order chi connectivity index (χ0) is 26.5. The van der Waals surface area contributed by atoms with Crippen molar-refractivity contribution in [1.82, 2.24) is 24.1 Å². The highest BCUT2D eigenvalue weighted by molar-refractivity contribution is 7.87. The van der Waals surface area contributed by atoms with Crippen LogP contribution in [0.1, 0.15) is 43.6 Å². The van der Waals surface area contributed by atoms with E-state index in [0.29, 0.717) is 45.1 Å². The summed E-state index contributed by atoms with van der Waals surface area (Å²) in [6.07, 6.45) is 6.21. The highest BCUT2D eigenvalue weighted by Crippen LogP contribution is 2.35. The van der Waals surface area contributed by atoms with Crippen LogP contribution < -0.4 is 9.62 Å². The van der Waals surface area contributed by atoms with Crippen LogP contribution in [0.25, 0.3) is 0 Å². The number of benzene rings is 1. The summed E-state index contributed by atoms with van der Waals surface area (Å²) >= 11 is 0. The molecule has 1 aromatic heterocycles. The van der Waals surface area contributed by atoms with Crippen LogP contribution in [0.15, 0.2) is 42.6 Å². The lowest BCUT2D eigenvalue weighted by atomic mass is 9.82. The minimum atomic E-state index is -3.58. The summed E-state index contributed by atoms with van der Waals surface area (Å²) in [5, 5.41) is 8.29. The molecule has 0 bridgehead atoms. The third-order valence-corrected chi connectivity index (χ3v) is 9.90. The Bertz CT molecular complexity index is 1140. The van der Waals surface area contributed by atoms with E-state index in [1.807, 2.05) is 25.2 Å². The summed E-state index contributed by atoms with van der Waals surface area (Å²) in [5.41, 5.74) is 1.06. The fourth-order valence-corrected chi connectivity index (χ4v) is 7.39. The van der Waals surface area contributed by atoms with E-state index >= 15 is 0 Å².